The van der Waals surface area contributed by atoms with Crippen molar-refractivity contribution in [1.29, 1.82) is 0 Å². The minimum absolute atomic E-state index is 0.188. The Labute approximate surface area is 348 Å². The highest BCUT2D eigenvalue weighted by Gasteiger charge is 2.27. The molecular formula is C54H78O3. The van der Waals surface area contributed by atoms with Gasteiger partial charge in [-0.05, 0) is 178 Å². The van der Waals surface area contributed by atoms with Crippen LogP contribution in [0.1, 0.15) is 205 Å². The maximum Gasteiger partial charge on any atom is 0.122 e. The van der Waals surface area contributed by atoms with E-state index in [4.69, 9.17) is 0 Å². The summed E-state index contributed by atoms with van der Waals surface area (Å²) in [6.07, 6.45) is 11.4. The predicted octanol–water partition coefficient (Wildman–Crippen LogP) is 14.4. The van der Waals surface area contributed by atoms with Crippen molar-refractivity contribution in [2.75, 3.05) is 0 Å². The first-order valence-electron chi connectivity index (χ1n) is 22.2. The molecule has 3 nitrogen and oxygen atoms in total. The molecule has 0 spiro atoms. The number of rotatable bonds is 15. The van der Waals surface area contributed by atoms with Crippen molar-refractivity contribution in [3.8, 4) is 17.2 Å². The summed E-state index contributed by atoms with van der Waals surface area (Å²) in [6, 6.07) is 13.6. The molecule has 312 valence electrons. The molecule has 4 aromatic carbocycles. The highest BCUT2D eigenvalue weighted by Crippen LogP contribution is 2.41. The van der Waals surface area contributed by atoms with Crippen molar-refractivity contribution < 1.29 is 15.3 Å². The van der Waals surface area contributed by atoms with Crippen molar-refractivity contribution in [3.63, 3.8) is 0 Å². The topological polar surface area (TPSA) is 60.7 Å². The smallest absolute Gasteiger partial charge is 0.122 e. The molecule has 0 saturated carbocycles. The lowest BCUT2D eigenvalue weighted by atomic mass is 9.78. The summed E-state index contributed by atoms with van der Waals surface area (Å²) in [5, 5.41) is 34.6. The molecule has 4 rings (SSSR count). The molecule has 0 aliphatic heterocycles. The van der Waals surface area contributed by atoms with Gasteiger partial charge in [0.15, 0.2) is 0 Å². The molecule has 0 aliphatic rings. The number of hydrogen-bond acceptors (Lipinski definition) is 3. The summed E-state index contributed by atoms with van der Waals surface area (Å²) in [4.78, 5) is 0. The molecule has 0 saturated heterocycles. The molecule has 0 heterocycles. The number of aryl methyl sites for hydroxylation is 3. The van der Waals surface area contributed by atoms with E-state index < -0.39 is 0 Å². The van der Waals surface area contributed by atoms with E-state index in [1.54, 1.807) is 0 Å². The summed E-state index contributed by atoms with van der Waals surface area (Å²) >= 11 is 0. The Morgan fingerprint density at radius 1 is 0.386 bits per heavy atom. The second kappa shape index (κ2) is 18.5. The van der Waals surface area contributed by atoms with Gasteiger partial charge in [0.1, 0.15) is 17.2 Å². The molecular weight excluding hydrogens is 697 g/mol. The monoisotopic (exact) mass is 775 g/mol. The van der Waals surface area contributed by atoms with Crippen molar-refractivity contribution in [1.82, 2.24) is 0 Å². The highest BCUT2D eigenvalue weighted by molar-refractivity contribution is 5.58. The number of phenolic OH excluding ortho intramolecular Hbond substituents is 3. The summed E-state index contributed by atoms with van der Waals surface area (Å²) < 4.78 is 0. The average Bonchev–Trinajstić information content (AvgIpc) is 3.12. The van der Waals surface area contributed by atoms with Gasteiger partial charge in [-0.15, -0.1) is 0 Å². The van der Waals surface area contributed by atoms with Crippen LogP contribution < -0.4 is 0 Å². The maximum atomic E-state index is 11.5. The Morgan fingerprint density at radius 2 is 0.614 bits per heavy atom. The van der Waals surface area contributed by atoms with Crippen LogP contribution in [0.25, 0.3) is 0 Å². The largest absolute Gasteiger partial charge is 0.507 e. The normalized spacial score (nSPS) is 12.5. The zero-order valence-electron chi connectivity index (χ0n) is 38.8. The second-order valence-corrected chi connectivity index (χ2v) is 20.4. The average molecular weight is 775 g/mol. The Morgan fingerprint density at radius 3 is 0.807 bits per heavy atom. The van der Waals surface area contributed by atoms with E-state index in [0.29, 0.717) is 17.2 Å². The van der Waals surface area contributed by atoms with Crippen LogP contribution in [-0.4, -0.2) is 15.3 Å². The standard InChI is InChI=1S/C54H78O3/c1-16-19-22-40-25-37(31-46(49(40)55)52(7,8)9)28-43-34(4)44(29-38-26-41(23-20-17-2)50(56)47(32-38)53(10,11)12)36(6)45(35(43)5)30-39-27-42(24-21-18-3)51(57)48(33-39)54(13,14)15/h25-27,31-33,55-57H,16-24,28-30H2,1-15H3. The molecule has 4 aromatic rings. The van der Waals surface area contributed by atoms with Crippen molar-refractivity contribution >= 4 is 0 Å². The lowest BCUT2D eigenvalue weighted by Gasteiger charge is -2.27. The van der Waals surface area contributed by atoms with Crippen LogP contribution in [0.5, 0.6) is 17.2 Å². The maximum absolute atomic E-state index is 11.5. The van der Waals surface area contributed by atoms with Crippen molar-refractivity contribution in [2.24, 2.45) is 0 Å². The summed E-state index contributed by atoms with van der Waals surface area (Å²) in [5.41, 5.74) is 17.5. The van der Waals surface area contributed by atoms with Crippen LogP contribution in [0.3, 0.4) is 0 Å². The first-order chi connectivity index (χ1) is 26.5. The van der Waals surface area contributed by atoms with Crippen LogP contribution >= 0.6 is 0 Å². The van der Waals surface area contributed by atoms with E-state index in [2.05, 4.69) is 140 Å². The fourth-order valence-electron chi connectivity index (χ4n) is 8.77. The van der Waals surface area contributed by atoms with Crippen molar-refractivity contribution in [3.05, 3.63) is 120 Å². The lowest BCUT2D eigenvalue weighted by Crippen LogP contribution is -2.15. The van der Waals surface area contributed by atoms with Crippen molar-refractivity contribution in [2.45, 2.75) is 197 Å². The first kappa shape index (κ1) is 46.0. The molecule has 0 aliphatic carbocycles. The Hall–Kier alpha value is -3.72. The van der Waals surface area contributed by atoms with Crippen LogP contribution in [-0.2, 0) is 54.8 Å². The summed E-state index contributed by atoms with van der Waals surface area (Å²) in [6.45, 7) is 33.4. The second-order valence-electron chi connectivity index (χ2n) is 20.4. The number of phenols is 3. The minimum atomic E-state index is -0.188. The van der Waals surface area contributed by atoms with Gasteiger partial charge in [-0.1, -0.05) is 139 Å². The molecule has 0 amide bonds. The molecule has 0 aromatic heterocycles. The van der Waals surface area contributed by atoms with E-state index in [0.717, 1.165) is 110 Å². The van der Waals surface area contributed by atoms with Crippen LogP contribution in [0.4, 0.5) is 0 Å². The third-order valence-corrected chi connectivity index (χ3v) is 12.4. The molecule has 0 radical (unpaired) electrons. The van der Waals surface area contributed by atoms with Gasteiger partial charge >= 0.3 is 0 Å². The summed E-state index contributed by atoms with van der Waals surface area (Å²) in [7, 11) is 0. The SMILES string of the molecule is CCCCc1cc(Cc2c(C)c(Cc3cc(CCCC)c(O)c(C(C)(C)C)c3)c(C)c(Cc3cc(CCCC)c(O)c(C(C)(C)C)c3)c2C)cc(C(C)(C)C)c1O. The summed E-state index contributed by atoms with van der Waals surface area (Å²) in [5.74, 6) is 1.38. The van der Waals surface area contributed by atoms with Gasteiger partial charge < -0.3 is 15.3 Å². The zero-order chi connectivity index (χ0) is 42.6. The third-order valence-electron chi connectivity index (χ3n) is 12.4. The Bertz CT molecular complexity index is 1770. The number of unbranched alkanes of at least 4 members (excludes halogenated alkanes) is 3. The first-order valence-corrected chi connectivity index (χ1v) is 22.2. The molecule has 0 bridgehead atoms. The minimum Gasteiger partial charge on any atom is -0.507 e. The number of benzene rings is 4. The van der Waals surface area contributed by atoms with Crippen LogP contribution in [0.2, 0.25) is 0 Å². The molecule has 0 unspecified atom stereocenters. The van der Waals surface area contributed by atoms with E-state index in [-0.39, 0.29) is 16.2 Å². The van der Waals surface area contributed by atoms with Crippen LogP contribution in [0, 0.1) is 20.8 Å². The Kier molecular flexibility index (Phi) is 14.9. The fraction of sp³-hybridized carbons (Fsp3) is 0.556. The van der Waals surface area contributed by atoms with Gasteiger partial charge in [0, 0.05) is 0 Å². The van der Waals surface area contributed by atoms with E-state index in [1.807, 2.05) is 0 Å². The molecule has 3 N–H and O–H groups in total. The van der Waals surface area contributed by atoms with Crippen LogP contribution in [0.15, 0.2) is 36.4 Å². The quantitative estimate of drug-likeness (QED) is 0.113. The van der Waals surface area contributed by atoms with Gasteiger partial charge in [0.05, 0.1) is 0 Å². The fourth-order valence-corrected chi connectivity index (χ4v) is 8.77. The van der Waals surface area contributed by atoms with E-state index >= 15 is 0 Å². The van der Waals surface area contributed by atoms with Gasteiger partial charge in [-0.25, -0.2) is 0 Å². The molecule has 0 atom stereocenters. The molecule has 3 heteroatoms. The highest BCUT2D eigenvalue weighted by atomic mass is 16.3. The Balaban J connectivity index is 2.02. The van der Waals surface area contributed by atoms with Gasteiger partial charge in [0.25, 0.3) is 0 Å². The van der Waals surface area contributed by atoms with E-state index in [9.17, 15) is 15.3 Å². The molecule has 0 fully saturated rings. The van der Waals surface area contributed by atoms with Gasteiger partial charge in [-0.2, -0.15) is 0 Å². The zero-order valence-corrected chi connectivity index (χ0v) is 38.8. The van der Waals surface area contributed by atoms with E-state index in [1.165, 1.54) is 50.1 Å². The molecule has 57 heavy (non-hydrogen) atoms. The third kappa shape index (κ3) is 10.9. The van der Waals surface area contributed by atoms with Gasteiger partial charge in [-0.3, -0.25) is 0 Å². The number of hydrogen-bond donors (Lipinski definition) is 3. The lowest BCUT2D eigenvalue weighted by molar-refractivity contribution is 0.438. The van der Waals surface area contributed by atoms with Gasteiger partial charge in [0.2, 0.25) is 0 Å². The predicted molar refractivity (Wildman–Crippen MR) is 245 cm³/mol. The number of aromatic hydroxyl groups is 3.